The van der Waals surface area contributed by atoms with Crippen molar-refractivity contribution in [3.63, 3.8) is 0 Å². The Morgan fingerprint density at radius 1 is 1.28 bits per heavy atom. The van der Waals surface area contributed by atoms with Crippen LogP contribution in [0.3, 0.4) is 0 Å². The summed E-state index contributed by atoms with van der Waals surface area (Å²) in [4.78, 5) is 16.8. The molecule has 0 aliphatic carbocycles. The van der Waals surface area contributed by atoms with E-state index in [0.717, 1.165) is 11.4 Å². The van der Waals surface area contributed by atoms with Gasteiger partial charge >= 0.3 is 0 Å². The van der Waals surface area contributed by atoms with E-state index in [4.69, 9.17) is 11.6 Å². The number of aryl methyl sites for hydroxylation is 1. The van der Waals surface area contributed by atoms with Gasteiger partial charge in [0.15, 0.2) is 5.16 Å². The average Bonchev–Trinajstić information content (AvgIpc) is 2.37. The number of nitrogens with one attached hydrogen (secondary N) is 1. The standard InChI is InChI=1S/C11H12ClN5S/c1-7-4-14-8(5-13-7)6-15-10-3-9(12)16-11(17-10)18-2/h3-5H,6H2,1-2H3,(H,15,16,17). The molecule has 0 bridgehead atoms. The zero-order valence-electron chi connectivity index (χ0n) is 10.0. The minimum atomic E-state index is 0.423. The zero-order chi connectivity index (χ0) is 13.0. The number of nitrogens with zero attached hydrogens (tertiary/aromatic N) is 4. The Labute approximate surface area is 114 Å². The van der Waals surface area contributed by atoms with Crippen LogP contribution in [0.25, 0.3) is 0 Å². The van der Waals surface area contributed by atoms with Crippen molar-refractivity contribution in [2.24, 2.45) is 0 Å². The summed E-state index contributed by atoms with van der Waals surface area (Å²) >= 11 is 7.34. The lowest BCUT2D eigenvalue weighted by Crippen LogP contribution is -2.05. The second kappa shape index (κ2) is 5.97. The fourth-order valence-corrected chi connectivity index (χ4v) is 1.88. The Bertz CT molecular complexity index is 531. The molecule has 2 aromatic rings. The van der Waals surface area contributed by atoms with Crippen LogP contribution in [0.5, 0.6) is 0 Å². The van der Waals surface area contributed by atoms with Crippen molar-refractivity contribution in [2.75, 3.05) is 11.6 Å². The van der Waals surface area contributed by atoms with Crippen LogP contribution in [-0.4, -0.2) is 26.2 Å². The minimum absolute atomic E-state index is 0.423. The molecule has 0 unspecified atom stereocenters. The third-order valence-corrected chi connectivity index (χ3v) is 2.88. The second-order valence-corrected chi connectivity index (χ2v) is 4.73. The van der Waals surface area contributed by atoms with Gasteiger partial charge in [0.2, 0.25) is 0 Å². The van der Waals surface area contributed by atoms with E-state index in [1.54, 1.807) is 18.5 Å². The Hall–Kier alpha value is -1.40. The van der Waals surface area contributed by atoms with Crippen LogP contribution in [-0.2, 0) is 6.54 Å². The molecule has 0 fully saturated rings. The molecule has 0 saturated carbocycles. The summed E-state index contributed by atoms with van der Waals surface area (Å²) in [5.74, 6) is 0.682. The SMILES string of the molecule is CSc1nc(Cl)cc(NCc2cnc(C)cn2)n1. The Morgan fingerprint density at radius 2 is 2.11 bits per heavy atom. The van der Waals surface area contributed by atoms with Gasteiger partial charge < -0.3 is 5.32 Å². The molecular formula is C11H12ClN5S. The first-order valence-corrected chi connectivity index (χ1v) is 6.87. The third-order valence-electron chi connectivity index (χ3n) is 2.14. The first kappa shape index (κ1) is 13.0. The summed E-state index contributed by atoms with van der Waals surface area (Å²) in [5.41, 5.74) is 1.74. The van der Waals surface area contributed by atoms with Crippen molar-refractivity contribution in [1.29, 1.82) is 0 Å². The molecule has 2 aromatic heterocycles. The Morgan fingerprint density at radius 3 is 2.78 bits per heavy atom. The smallest absolute Gasteiger partial charge is 0.190 e. The molecule has 0 amide bonds. The molecule has 0 aliphatic heterocycles. The van der Waals surface area contributed by atoms with Crippen molar-refractivity contribution in [1.82, 2.24) is 19.9 Å². The summed E-state index contributed by atoms with van der Waals surface area (Å²) < 4.78 is 0. The van der Waals surface area contributed by atoms with Crippen LogP contribution < -0.4 is 5.32 Å². The summed E-state index contributed by atoms with van der Waals surface area (Å²) in [6.07, 6.45) is 5.37. The largest absolute Gasteiger partial charge is 0.364 e. The first-order valence-electron chi connectivity index (χ1n) is 5.27. The van der Waals surface area contributed by atoms with E-state index >= 15 is 0 Å². The second-order valence-electron chi connectivity index (χ2n) is 3.57. The molecule has 0 radical (unpaired) electrons. The number of thioether (sulfide) groups is 1. The molecule has 0 atom stereocenters. The molecule has 0 spiro atoms. The van der Waals surface area contributed by atoms with Crippen molar-refractivity contribution in [3.05, 3.63) is 35.0 Å². The van der Waals surface area contributed by atoms with Gasteiger partial charge in [-0.25, -0.2) is 9.97 Å². The lowest BCUT2D eigenvalue weighted by atomic mass is 10.4. The van der Waals surface area contributed by atoms with Gasteiger partial charge in [-0.2, -0.15) is 0 Å². The highest BCUT2D eigenvalue weighted by Crippen LogP contribution is 2.17. The van der Waals surface area contributed by atoms with Gasteiger partial charge in [0.25, 0.3) is 0 Å². The van der Waals surface area contributed by atoms with Gasteiger partial charge in [0, 0.05) is 12.3 Å². The molecule has 18 heavy (non-hydrogen) atoms. The van der Waals surface area contributed by atoms with Crippen LogP contribution in [0, 0.1) is 6.92 Å². The topological polar surface area (TPSA) is 63.6 Å². The molecule has 7 heteroatoms. The number of anilines is 1. The van der Waals surface area contributed by atoms with Crippen molar-refractivity contribution in [3.8, 4) is 0 Å². The van der Waals surface area contributed by atoms with Gasteiger partial charge in [-0.3, -0.25) is 9.97 Å². The number of halogens is 1. The minimum Gasteiger partial charge on any atom is -0.364 e. The predicted octanol–water partition coefficient (Wildman–Crippen LogP) is 2.56. The molecular weight excluding hydrogens is 270 g/mol. The van der Waals surface area contributed by atoms with E-state index in [0.29, 0.717) is 22.7 Å². The highest BCUT2D eigenvalue weighted by atomic mass is 35.5. The lowest BCUT2D eigenvalue weighted by molar-refractivity contribution is 0.934. The maximum Gasteiger partial charge on any atom is 0.190 e. The van der Waals surface area contributed by atoms with E-state index in [9.17, 15) is 0 Å². The van der Waals surface area contributed by atoms with E-state index in [2.05, 4.69) is 25.3 Å². The van der Waals surface area contributed by atoms with Crippen LogP contribution in [0.4, 0.5) is 5.82 Å². The quantitative estimate of drug-likeness (QED) is 0.528. The number of hydrogen-bond acceptors (Lipinski definition) is 6. The highest BCUT2D eigenvalue weighted by molar-refractivity contribution is 7.98. The summed E-state index contributed by atoms with van der Waals surface area (Å²) in [7, 11) is 0. The fourth-order valence-electron chi connectivity index (χ4n) is 1.27. The van der Waals surface area contributed by atoms with E-state index in [-0.39, 0.29) is 0 Å². The monoisotopic (exact) mass is 281 g/mol. The van der Waals surface area contributed by atoms with Gasteiger partial charge in [-0.05, 0) is 13.2 Å². The molecule has 2 heterocycles. The van der Waals surface area contributed by atoms with Crippen LogP contribution in [0.1, 0.15) is 11.4 Å². The van der Waals surface area contributed by atoms with Crippen molar-refractivity contribution >= 4 is 29.2 Å². The lowest BCUT2D eigenvalue weighted by Gasteiger charge is -2.06. The van der Waals surface area contributed by atoms with Gasteiger partial charge in [-0.15, -0.1) is 0 Å². The Kier molecular flexibility index (Phi) is 4.33. The molecule has 0 saturated heterocycles. The molecule has 94 valence electrons. The molecule has 0 aliphatic rings. The molecule has 1 N–H and O–H groups in total. The normalized spacial score (nSPS) is 10.4. The van der Waals surface area contributed by atoms with Crippen molar-refractivity contribution in [2.45, 2.75) is 18.6 Å². The number of rotatable bonds is 4. The summed E-state index contributed by atoms with van der Waals surface area (Å²) in [5, 5.41) is 4.21. The first-order chi connectivity index (χ1) is 8.67. The third kappa shape index (κ3) is 3.54. The maximum atomic E-state index is 5.90. The average molecular weight is 282 g/mol. The van der Waals surface area contributed by atoms with Gasteiger partial charge in [-0.1, -0.05) is 23.4 Å². The summed E-state index contributed by atoms with van der Waals surface area (Å²) in [6, 6.07) is 1.68. The van der Waals surface area contributed by atoms with Crippen LogP contribution in [0.2, 0.25) is 5.15 Å². The summed E-state index contributed by atoms with van der Waals surface area (Å²) in [6.45, 7) is 2.45. The van der Waals surface area contributed by atoms with E-state index in [1.165, 1.54) is 11.8 Å². The van der Waals surface area contributed by atoms with Crippen LogP contribution >= 0.6 is 23.4 Å². The van der Waals surface area contributed by atoms with Gasteiger partial charge in [0.05, 0.1) is 24.1 Å². The highest BCUT2D eigenvalue weighted by Gasteiger charge is 2.02. The zero-order valence-corrected chi connectivity index (χ0v) is 11.6. The fraction of sp³-hybridized carbons (Fsp3) is 0.273. The van der Waals surface area contributed by atoms with E-state index in [1.807, 2.05) is 13.2 Å². The molecule has 0 aromatic carbocycles. The maximum absolute atomic E-state index is 5.90. The number of hydrogen-bond donors (Lipinski definition) is 1. The van der Waals surface area contributed by atoms with Crippen LogP contribution in [0.15, 0.2) is 23.6 Å². The van der Waals surface area contributed by atoms with Gasteiger partial charge in [0.1, 0.15) is 11.0 Å². The number of aromatic nitrogens is 4. The molecule has 2 rings (SSSR count). The Balaban J connectivity index is 2.05. The van der Waals surface area contributed by atoms with Crippen molar-refractivity contribution < 1.29 is 0 Å². The predicted molar refractivity (Wildman–Crippen MR) is 72.9 cm³/mol. The molecule has 5 nitrogen and oxygen atoms in total. The van der Waals surface area contributed by atoms with E-state index < -0.39 is 0 Å².